The lowest BCUT2D eigenvalue weighted by molar-refractivity contribution is -0.121. The Hall–Kier alpha value is -2.74. The van der Waals surface area contributed by atoms with Crippen LogP contribution in [0.4, 0.5) is 0 Å². The Morgan fingerprint density at radius 1 is 1.32 bits per heavy atom. The zero-order chi connectivity index (χ0) is 17.6. The van der Waals surface area contributed by atoms with Crippen LogP contribution in [-0.4, -0.2) is 34.6 Å². The van der Waals surface area contributed by atoms with E-state index in [9.17, 15) is 9.90 Å². The summed E-state index contributed by atoms with van der Waals surface area (Å²) in [6.45, 7) is 0.408. The molecule has 0 saturated heterocycles. The lowest BCUT2D eigenvalue weighted by Gasteiger charge is -2.18. The molecule has 0 fully saturated rings. The number of phenolic OH excluding ortho intramolecular Hbond substituents is 1. The fourth-order valence-corrected chi connectivity index (χ4v) is 4.01. The molecule has 7 nitrogen and oxygen atoms in total. The van der Waals surface area contributed by atoms with Crippen LogP contribution < -0.4 is 14.8 Å². The number of nitrogens with zero attached hydrogens (tertiary/aromatic N) is 2. The maximum absolute atomic E-state index is 12.2. The van der Waals surface area contributed by atoms with Crippen molar-refractivity contribution in [2.45, 2.75) is 18.9 Å². The van der Waals surface area contributed by atoms with Crippen molar-refractivity contribution in [3.05, 3.63) is 40.7 Å². The number of hydrogen-bond acceptors (Lipinski definition) is 6. The van der Waals surface area contributed by atoms with Crippen molar-refractivity contribution < 1.29 is 19.4 Å². The highest BCUT2D eigenvalue weighted by atomic mass is 32.1. The third-order valence-corrected chi connectivity index (χ3v) is 5.21. The van der Waals surface area contributed by atoms with Crippen molar-refractivity contribution in [2.75, 3.05) is 14.2 Å². The normalized spacial score (nSPS) is 17.0. The van der Waals surface area contributed by atoms with E-state index in [-0.39, 0.29) is 24.0 Å². The zero-order valence-corrected chi connectivity index (χ0v) is 14.6. The summed E-state index contributed by atoms with van der Waals surface area (Å²) in [6, 6.07) is 3.49. The SMILES string of the molecule is COc1cc([C@H]2CC(=O)NCc3nc4sccn4c32)cc(OC)c1O. The number of aromatic nitrogens is 2. The first kappa shape index (κ1) is 15.8. The molecule has 3 aromatic rings. The molecule has 1 aliphatic heterocycles. The average Bonchev–Trinajstić information content (AvgIpc) is 3.15. The third kappa shape index (κ3) is 2.49. The molecule has 4 rings (SSSR count). The van der Waals surface area contributed by atoms with Gasteiger partial charge >= 0.3 is 0 Å². The molecule has 2 aromatic heterocycles. The van der Waals surface area contributed by atoms with E-state index < -0.39 is 0 Å². The Labute approximate surface area is 147 Å². The van der Waals surface area contributed by atoms with Gasteiger partial charge in [0.15, 0.2) is 16.5 Å². The van der Waals surface area contributed by atoms with E-state index in [2.05, 4.69) is 10.3 Å². The Morgan fingerprint density at radius 3 is 2.72 bits per heavy atom. The second-order valence-electron chi connectivity index (χ2n) is 5.81. The van der Waals surface area contributed by atoms with Crippen LogP contribution in [-0.2, 0) is 11.3 Å². The monoisotopic (exact) mass is 359 g/mol. The predicted molar refractivity (Wildman–Crippen MR) is 92.6 cm³/mol. The number of benzene rings is 1. The standard InChI is InChI=1S/C17H17N3O4S/c1-23-12-5-9(6-13(24-2)16(12)22)10-7-14(21)18-8-11-15(10)20-3-4-25-17(20)19-11/h3-6,10,22H,7-8H2,1-2H3,(H,18,21)/t10-/m1/s1. The fraction of sp³-hybridized carbons (Fsp3) is 0.294. The lowest BCUT2D eigenvalue weighted by atomic mass is 9.91. The molecular formula is C17H17N3O4S. The molecule has 25 heavy (non-hydrogen) atoms. The number of carbonyl (C=O) groups excluding carboxylic acids is 1. The van der Waals surface area contributed by atoms with Crippen molar-refractivity contribution in [1.82, 2.24) is 14.7 Å². The Balaban J connectivity index is 1.93. The number of fused-ring (bicyclic) bond motifs is 3. The molecule has 0 bridgehead atoms. The number of methoxy groups -OCH3 is 2. The molecule has 1 aromatic carbocycles. The average molecular weight is 359 g/mol. The number of nitrogens with one attached hydrogen (secondary N) is 1. The van der Waals surface area contributed by atoms with Crippen molar-refractivity contribution in [3.63, 3.8) is 0 Å². The largest absolute Gasteiger partial charge is 0.502 e. The van der Waals surface area contributed by atoms with Gasteiger partial charge in [-0.05, 0) is 17.7 Å². The summed E-state index contributed by atoms with van der Waals surface area (Å²) in [7, 11) is 2.97. The number of aromatic hydroxyl groups is 1. The predicted octanol–water partition coefficient (Wildman–Crippen LogP) is 2.27. The number of imidazole rings is 1. The summed E-state index contributed by atoms with van der Waals surface area (Å²) in [5.74, 6) is 0.308. The van der Waals surface area contributed by atoms with Gasteiger partial charge in [0, 0.05) is 23.9 Å². The van der Waals surface area contributed by atoms with Gasteiger partial charge in [0.25, 0.3) is 0 Å². The third-order valence-electron chi connectivity index (χ3n) is 4.45. The molecule has 3 heterocycles. The van der Waals surface area contributed by atoms with E-state index in [0.717, 1.165) is 21.9 Å². The van der Waals surface area contributed by atoms with Crippen LogP contribution in [0.2, 0.25) is 0 Å². The van der Waals surface area contributed by atoms with Crippen LogP contribution in [0.1, 0.15) is 29.3 Å². The van der Waals surface area contributed by atoms with Gasteiger partial charge in [0.2, 0.25) is 11.7 Å². The number of ether oxygens (including phenoxy) is 2. The van der Waals surface area contributed by atoms with Gasteiger partial charge < -0.3 is 19.9 Å². The molecule has 1 atom stereocenters. The molecule has 1 amide bonds. The van der Waals surface area contributed by atoms with Gasteiger partial charge in [0.1, 0.15) is 0 Å². The Morgan fingerprint density at radius 2 is 2.04 bits per heavy atom. The highest BCUT2D eigenvalue weighted by molar-refractivity contribution is 7.15. The van der Waals surface area contributed by atoms with Crippen molar-refractivity contribution in [1.29, 1.82) is 0 Å². The quantitative estimate of drug-likeness (QED) is 0.749. The summed E-state index contributed by atoms with van der Waals surface area (Å²) in [5.41, 5.74) is 2.66. The van der Waals surface area contributed by atoms with Crippen LogP contribution in [0, 0.1) is 0 Å². The van der Waals surface area contributed by atoms with Crippen LogP contribution in [0.5, 0.6) is 17.2 Å². The molecule has 2 N–H and O–H groups in total. The van der Waals surface area contributed by atoms with E-state index >= 15 is 0 Å². The van der Waals surface area contributed by atoms with E-state index in [1.807, 2.05) is 16.0 Å². The number of phenols is 1. The van der Waals surface area contributed by atoms with Crippen molar-refractivity contribution in [2.24, 2.45) is 0 Å². The van der Waals surface area contributed by atoms with Gasteiger partial charge in [-0.25, -0.2) is 4.98 Å². The topological polar surface area (TPSA) is 85.1 Å². The smallest absolute Gasteiger partial charge is 0.221 e. The molecular weight excluding hydrogens is 342 g/mol. The number of thiazole rings is 1. The van der Waals surface area contributed by atoms with Gasteiger partial charge in [0.05, 0.1) is 32.2 Å². The summed E-state index contributed by atoms with van der Waals surface area (Å²) >= 11 is 1.55. The molecule has 0 unspecified atom stereocenters. The zero-order valence-electron chi connectivity index (χ0n) is 13.8. The summed E-state index contributed by atoms with van der Waals surface area (Å²) in [4.78, 5) is 17.8. The molecule has 0 radical (unpaired) electrons. The fourth-order valence-electron chi connectivity index (χ4n) is 3.27. The first-order chi connectivity index (χ1) is 12.1. The second kappa shape index (κ2) is 5.96. The van der Waals surface area contributed by atoms with Gasteiger partial charge in [-0.3, -0.25) is 9.20 Å². The summed E-state index contributed by atoms with van der Waals surface area (Å²) in [6.07, 6.45) is 2.25. The molecule has 130 valence electrons. The van der Waals surface area contributed by atoms with E-state index in [1.165, 1.54) is 14.2 Å². The number of rotatable bonds is 3. The van der Waals surface area contributed by atoms with Crippen LogP contribution in [0.15, 0.2) is 23.7 Å². The first-order valence-electron chi connectivity index (χ1n) is 7.78. The molecule has 0 aliphatic carbocycles. The van der Waals surface area contributed by atoms with Crippen molar-refractivity contribution >= 4 is 22.2 Å². The second-order valence-corrected chi connectivity index (χ2v) is 6.68. The maximum Gasteiger partial charge on any atom is 0.221 e. The lowest BCUT2D eigenvalue weighted by Crippen LogP contribution is -2.21. The van der Waals surface area contributed by atoms with E-state index in [0.29, 0.717) is 18.0 Å². The number of amides is 1. The van der Waals surface area contributed by atoms with E-state index in [1.54, 1.807) is 23.5 Å². The molecule has 0 spiro atoms. The van der Waals surface area contributed by atoms with E-state index in [4.69, 9.17) is 9.47 Å². The van der Waals surface area contributed by atoms with Gasteiger partial charge in [-0.15, -0.1) is 11.3 Å². The van der Waals surface area contributed by atoms with Gasteiger partial charge in [-0.2, -0.15) is 0 Å². The highest BCUT2D eigenvalue weighted by Gasteiger charge is 2.30. The Kier molecular flexibility index (Phi) is 3.76. The number of carbonyl (C=O) groups is 1. The summed E-state index contributed by atoms with van der Waals surface area (Å²) in [5, 5.41) is 15.0. The van der Waals surface area contributed by atoms with Gasteiger partial charge in [-0.1, -0.05) is 0 Å². The highest BCUT2D eigenvalue weighted by Crippen LogP contribution is 2.42. The van der Waals surface area contributed by atoms with Crippen LogP contribution in [0.25, 0.3) is 4.96 Å². The number of hydrogen-bond donors (Lipinski definition) is 2. The maximum atomic E-state index is 12.2. The minimum Gasteiger partial charge on any atom is -0.502 e. The molecule has 0 saturated carbocycles. The minimum absolute atomic E-state index is 0.0435. The molecule has 8 heteroatoms. The first-order valence-corrected chi connectivity index (χ1v) is 8.66. The van der Waals surface area contributed by atoms with Crippen LogP contribution in [0.3, 0.4) is 0 Å². The minimum atomic E-state index is -0.217. The Bertz CT molecular complexity index is 937. The van der Waals surface area contributed by atoms with Crippen molar-refractivity contribution in [3.8, 4) is 17.2 Å². The van der Waals surface area contributed by atoms with Crippen LogP contribution >= 0.6 is 11.3 Å². The summed E-state index contributed by atoms with van der Waals surface area (Å²) < 4.78 is 12.6. The molecule has 1 aliphatic rings.